The molecule has 1 unspecified atom stereocenters. The van der Waals surface area contributed by atoms with Crippen LogP contribution in [0, 0.1) is 0 Å². The molecule has 0 amide bonds. The van der Waals surface area contributed by atoms with Crippen LogP contribution in [0.3, 0.4) is 0 Å². The number of rotatable bonds is 6. The molecule has 1 fully saturated rings. The van der Waals surface area contributed by atoms with Gasteiger partial charge in [0.25, 0.3) is 6.01 Å². The van der Waals surface area contributed by atoms with E-state index in [4.69, 9.17) is 4.42 Å². The summed E-state index contributed by atoms with van der Waals surface area (Å²) in [6.07, 6.45) is 4.31. The van der Waals surface area contributed by atoms with E-state index >= 15 is 0 Å². The van der Waals surface area contributed by atoms with Crippen LogP contribution in [0.2, 0.25) is 0 Å². The number of likely N-dealkylation sites (tertiary alicyclic amines) is 1. The normalized spacial score (nSPS) is 20.5. The highest BCUT2D eigenvalue weighted by Crippen LogP contribution is 2.18. The summed E-state index contributed by atoms with van der Waals surface area (Å²) in [5, 5.41) is 3.25. The predicted octanol–water partition coefficient (Wildman–Crippen LogP) is 1.31. The molecule has 1 saturated heterocycles. The van der Waals surface area contributed by atoms with Crippen molar-refractivity contribution in [2.45, 2.75) is 32.4 Å². The van der Waals surface area contributed by atoms with Crippen LogP contribution in [-0.2, 0) is 6.54 Å². The zero-order valence-corrected chi connectivity index (χ0v) is 11.6. The molecule has 0 aliphatic carbocycles. The van der Waals surface area contributed by atoms with Gasteiger partial charge in [-0.2, -0.15) is 4.98 Å². The summed E-state index contributed by atoms with van der Waals surface area (Å²) in [6, 6.07) is 1.35. The van der Waals surface area contributed by atoms with Gasteiger partial charge in [-0.05, 0) is 33.0 Å². The van der Waals surface area contributed by atoms with E-state index in [-0.39, 0.29) is 0 Å². The first kappa shape index (κ1) is 13.4. The lowest BCUT2D eigenvalue weighted by Gasteiger charge is -2.24. The molecule has 5 heteroatoms. The number of likely N-dealkylation sites (N-methyl/N-ethyl adjacent to an activating group) is 2. The second-order valence-electron chi connectivity index (χ2n) is 5.06. The summed E-state index contributed by atoms with van der Waals surface area (Å²) in [7, 11) is 4.24. The van der Waals surface area contributed by atoms with Gasteiger partial charge < -0.3 is 19.5 Å². The highest BCUT2D eigenvalue weighted by Gasteiger charge is 2.23. The van der Waals surface area contributed by atoms with Crippen molar-refractivity contribution >= 4 is 6.01 Å². The van der Waals surface area contributed by atoms with Crippen molar-refractivity contribution in [1.29, 1.82) is 0 Å². The lowest BCUT2D eigenvalue weighted by Crippen LogP contribution is -2.36. The molecule has 2 rings (SSSR count). The number of hydrogen-bond donors (Lipinski definition) is 1. The largest absolute Gasteiger partial charge is 0.432 e. The third kappa shape index (κ3) is 3.23. The fourth-order valence-corrected chi connectivity index (χ4v) is 2.41. The first-order valence-corrected chi connectivity index (χ1v) is 6.77. The SMILES string of the molecule is CCNCc1coc(N(C)CC2CCCN2C)n1. The molecule has 2 heterocycles. The maximum atomic E-state index is 5.53. The van der Waals surface area contributed by atoms with E-state index < -0.39 is 0 Å². The van der Waals surface area contributed by atoms with E-state index in [0.717, 1.165) is 31.3 Å². The monoisotopic (exact) mass is 252 g/mol. The molecule has 0 radical (unpaired) electrons. The molecule has 1 aliphatic rings. The van der Waals surface area contributed by atoms with Crippen LogP contribution in [0.4, 0.5) is 6.01 Å². The molecule has 1 aromatic heterocycles. The first-order valence-electron chi connectivity index (χ1n) is 6.77. The van der Waals surface area contributed by atoms with Gasteiger partial charge in [-0.15, -0.1) is 0 Å². The van der Waals surface area contributed by atoms with E-state index in [1.807, 2.05) is 0 Å². The summed E-state index contributed by atoms with van der Waals surface area (Å²) in [4.78, 5) is 9.02. The van der Waals surface area contributed by atoms with Crippen LogP contribution in [0.5, 0.6) is 0 Å². The van der Waals surface area contributed by atoms with Gasteiger partial charge >= 0.3 is 0 Å². The Balaban J connectivity index is 1.88. The molecule has 18 heavy (non-hydrogen) atoms. The quantitative estimate of drug-likeness (QED) is 0.827. The van der Waals surface area contributed by atoms with Crippen LogP contribution >= 0.6 is 0 Å². The fraction of sp³-hybridized carbons (Fsp3) is 0.769. The van der Waals surface area contributed by atoms with Gasteiger partial charge in [0.05, 0.1) is 5.69 Å². The van der Waals surface area contributed by atoms with Crippen molar-refractivity contribution in [3.8, 4) is 0 Å². The Hall–Kier alpha value is -1.07. The average molecular weight is 252 g/mol. The standard InChI is InChI=1S/C13H24N4O/c1-4-14-8-11-10-18-13(15-11)17(3)9-12-6-5-7-16(12)2/h10,12,14H,4-9H2,1-3H3. The van der Waals surface area contributed by atoms with Gasteiger partial charge in [0.2, 0.25) is 0 Å². The maximum absolute atomic E-state index is 5.53. The minimum absolute atomic E-state index is 0.624. The summed E-state index contributed by atoms with van der Waals surface area (Å²) in [5.74, 6) is 0. The van der Waals surface area contributed by atoms with Crippen LogP contribution in [0.1, 0.15) is 25.5 Å². The second-order valence-corrected chi connectivity index (χ2v) is 5.06. The van der Waals surface area contributed by atoms with E-state index in [2.05, 4.69) is 41.1 Å². The van der Waals surface area contributed by atoms with Crippen LogP contribution < -0.4 is 10.2 Å². The van der Waals surface area contributed by atoms with Crippen LogP contribution in [0.15, 0.2) is 10.7 Å². The highest BCUT2D eigenvalue weighted by atomic mass is 16.4. The Kier molecular flexibility index (Phi) is 4.60. The van der Waals surface area contributed by atoms with E-state index in [1.165, 1.54) is 19.4 Å². The number of aromatic nitrogens is 1. The van der Waals surface area contributed by atoms with Crippen molar-refractivity contribution in [3.05, 3.63) is 12.0 Å². The Bertz CT molecular complexity index is 366. The van der Waals surface area contributed by atoms with Gasteiger partial charge in [0.15, 0.2) is 0 Å². The van der Waals surface area contributed by atoms with Crippen LogP contribution in [0.25, 0.3) is 0 Å². The van der Waals surface area contributed by atoms with Crippen molar-refractivity contribution in [2.75, 3.05) is 38.6 Å². The Morgan fingerprint density at radius 2 is 2.44 bits per heavy atom. The molecule has 0 saturated carbocycles. The molecular weight excluding hydrogens is 228 g/mol. The van der Waals surface area contributed by atoms with E-state index in [0.29, 0.717) is 6.04 Å². The Morgan fingerprint density at radius 1 is 1.61 bits per heavy atom. The number of anilines is 1. The number of nitrogens with one attached hydrogen (secondary N) is 1. The second kappa shape index (κ2) is 6.20. The van der Waals surface area contributed by atoms with E-state index in [1.54, 1.807) is 6.26 Å². The predicted molar refractivity (Wildman–Crippen MR) is 72.8 cm³/mol. The number of oxazole rings is 1. The zero-order chi connectivity index (χ0) is 13.0. The molecule has 1 N–H and O–H groups in total. The Morgan fingerprint density at radius 3 is 3.11 bits per heavy atom. The highest BCUT2D eigenvalue weighted by molar-refractivity contribution is 5.25. The van der Waals surface area contributed by atoms with Crippen molar-refractivity contribution in [3.63, 3.8) is 0 Å². The van der Waals surface area contributed by atoms with E-state index in [9.17, 15) is 0 Å². The lowest BCUT2D eigenvalue weighted by molar-refractivity contribution is 0.311. The number of nitrogens with zero attached hydrogens (tertiary/aromatic N) is 3. The summed E-state index contributed by atoms with van der Waals surface area (Å²) < 4.78 is 5.53. The third-order valence-corrected chi connectivity index (χ3v) is 3.58. The average Bonchev–Trinajstić information content (AvgIpc) is 2.97. The van der Waals surface area contributed by atoms with Gasteiger partial charge in [-0.1, -0.05) is 6.92 Å². The van der Waals surface area contributed by atoms with Gasteiger partial charge in [-0.25, -0.2) is 0 Å². The number of hydrogen-bond acceptors (Lipinski definition) is 5. The van der Waals surface area contributed by atoms with Crippen molar-refractivity contribution < 1.29 is 4.42 Å². The summed E-state index contributed by atoms with van der Waals surface area (Å²) in [6.45, 7) is 6.00. The van der Waals surface area contributed by atoms with Gasteiger partial charge in [0, 0.05) is 26.2 Å². The third-order valence-electron chi connectivity index (χ3n) is 3.58. The van der Waals surface area contributed by atoms with Crippen LogP contribution in [-0.4, -0.2) is 49.7 Å². The fourth-order valence-electron chi connectivity index (χ4n) is 2.41. The molecule has 1 aliphatic heterocycles. The summed E-state index contributed by atoms with van der Waals surface area (Å²) >= 11 is 0. The molecule has 1 aromatic rings. The molecule has 0 aromatic carbocycles. The minimum Gasteiger partial charge on any atom is -0.432 e. The smallest absolute Gasteiger partial charge is 0.297 e. The minimum atomic E-state index is 0.624. The molecule has 0 bridgehead atoms. The lowest BCUT2D eigenvalue weighted by atomic mass is 10.2. The van der Waals surface area contributed by atoms with Gasteiger partial charge in [-0.3, -0.25) is 0 Å². The maximum Gasteiger partial charge on any atom is 0.297 e. The molecule has 5 nitrogen and oxygen atoms in total. The molecule has 102 valence electrons. The zero-order valence-electron chi connectivity index (χ0n) is 11.6. The first-order chi connectivity index (χ1) is 8.70. The molecule has 0 spiro atoms. The van der Waals surface area contributed by atoms with Crippen molar-refractivity contribution in [1.82, 2.24) is 15.2 Å². The molecular formula is C13H24N4O. The topological polar surface area (TPSA) is 44.5 Å². The summed E-state index contributed by atoms with van der Waals surface area (Å²) in [5.41, 5.74) is 0.971. The Labute approximate surface area is 109 Å². The van der Waals surface area contributed by atoms with Gasteiger partial charge in [0.1, 0.15) is 6.26 Å². The van der Waals surface area contributed by atoms with Crippen molar-refractivity contribution in [2.24, 2.45) is 0 Å². The molecule has 1 atom stereocenters.